The van der Waals surface area contributed by atoms with E-state index in [9.17, 15) is 0 Å². The second kappa shape index (κ2) is 11.4. The van der Waals surface area contributed by atoms with Gasteiger partial charge in [0, 0.05) is 51.5 Å². The normalized spacial score (nSPS) is 16.6. The molecule has 1 saturated heterocycles. The first kappa shape index (κ1) is 21.9. The first-order valence-electron chi connectivity index (χ1n) is 10.5. The van der Waals surface area contributed by atoms with E-state index < -0.39 is 0 Å². The number of para-hydroxylation sites is 2. The highest BCUT2D eigenvalue weighted by Gasteiger charge is 2.24. The van der Waals surface area contributed by atoms with Gasteiger partial charge in [-0.2, -0.15) is 0 Å². The molecule has 30 heavy (non-hydrogen) atoms. The summed E-state index contributed by atoms with van der Waals surface area (Å²) in [5.74, 6) is 3.38. The zero-order valence-corrected chi connectivity index (χ0v) is 18.1. The Hall–Kier alpha value is -2.80. The number of aliphatic imine (C=N–C) groups is 1. The van der Waals surface area contributed by atoms with Crippen LogP contribution in [-0.2, 0) is 11.3 Å². The van der Waals surface area contributed by atoms with Crippen molar-refractivity contribution in [2.45, 2.75) is 26.3 Å². The summed E-state index contributed by atoms with van der Waals surface area (Å²) in [5, 5.41) is 3.45. The number of ether oxygens (including phenoxy) is 3. The lowest BCUT2D eigenvalue weighted by Gasteiger charge is -2.22. The molecule has 1 aliphatic rings. The lowest BCUT2D eigenvalue weighted by Crippen LogP contribution is -2.39. The summed E-state index contributed by atoms with van der Waals surface area (Å²) in [7, 11) is 3.57. The maximum Gasteiger partial charge on any atom is 0.224 e. The van der Waals surface area contributed by atoms with Crippen molar-refractivity contribution in [3.05, 3.63) is 48.2 Å². The average molecular weight is 413 g/mol. The molecule has 1 atom stereocenters. The van der Waals surface area contributed by atoms with Crippen LogP contribution >= 0.6 is 0 Å². The summed E-state index contributed by atoms with van der Waals surface area (Å²) in [5.41, 5.74) is 0.955. The maximum absolute atomic E-state index is 6.13. The number of rotatable bonds is 9. The van der Waals surface area contributed by atoms with E-state index in [4.69, 9.17) is 14.2 Å². The van der Waals surface area contributed by atoms with Gasteiger partial charge in [-0.05, 0) is 31.0 Å². The molecule has 7 nitrogen and oxygen atoms in total. The molecule has 2 aromatic rings. The molecule has 2 heterocycles. The molecule has 1 aliphatic heterocycles. The van der Waals surface area contributed by atoms with Gasteiger partial charge in [-0.15, -0.1) is 0 Å². The minimum Gasteiger partial charge on any atom is -0.490 e. The molecule has 1 unspecified atom stereocenters. The van der Waals surface area contributed by atoms with Gasteiger partial charge in [0.25, 0.3) is 0 Å². The molecule has 3 rings (SSSR count). The van der Waals surface area contributed by atoms with Crippen molar-refractivity contribution in [2.75, 3.05) is 40.5 Å². The Kier molecular flexibility index (Phi) is 8.32. The highest BCUT2D eigenvalue weighted by molar-refractivity contribution is 5.80. The molecule has 1 aromatic heterocycles. The molecule has 0 amide bonds. The van der Waals surface area contributed by atoms with E-state index in [1.165, 1.54) is 0 Å². The number of likely N-dealkylation sites (tertiary alicyclic amines) is 1. The van der Waals surface area contributed by atoms with E-state index >= 15 is 0 Å². The molecular weight excluding hydrogens is 380 g/mol. The fraction of sp³-hybridized carbons (Fsp3) is 0.478. The predicted molar refractivity (Wildman–Crippen MR) is 118 cm³/mol. The van der Waals surface area contributed by atoms with Gasteiger partial charge in [0.05, 0.1) is 13.2 Å². The van der Waals surface area contributed by atoms with E-state index in [0.29, 0.717) is 30.7 Å². The minimum atomic E-state index is 0.547. The van der Waals surface area contributed by atoms with Crippen LogP contribution in [0.1, 0.15) is 25.3 Å². The van der Waals surface area contributed by atoms with Crippen LogP contribution in [-0.4, -0.2) is 56.3 Å². The fourth-order valence-corrected chi connectivity index (χ4v) is 3.52. The monoisotopic (exact) mass is 412 g/mol. The second-order valence-electron chi connectivity index (χ2n) is 7.32. The van der Waals surface area contributed by atoms with Crippen molar-refractivity contribution >= 4 is 5.96 Å². The van der Waals surface area contributed by atoms with E-state index in [0.717, 1.165) is 49.8 Å². The highest BCUT2D eigenvalue weighted by Crippen LogP contribution is 2.32. The molecule has 1 N–H and O–H groups in total. The van der Waals surface area contributed by atoms with Gasteiger partial charge in [-0.3, -0.25) is 4.99 Å². The number of nitrogens with zero attached hydrogens (tertiary/aromatic N) is 3. The quantitative estimate of drug-likeness (QED) is 0.500. The van der Waals surface area contributed by atoms with Crippen molar-refractivity contribution in [3.8, 4) is 17.4 Å². The predicted octanol–water partition coefficient (Wildman–Crippen LogP) is 3.71. The molecule has 1 aromatic carbocycles. The third-order valence-electron chi connectivity index (χ3n) is 5.00. The SMILES string of the molecule is CCCOc1ccccc1Oc1ncccc1CNC(=NC)N1CCC(COC)C1. The number of nitrogens with one attached hydrogen (secondary N) is 1. The molecule has 1 fully saturated rings. The number of aromatic nitrogens is 1. The van der Waals surface area contributed by atoms with Crippen LogP contribution in [0.2, 0.25) is 0 Å². The molecule has 0 aliphatic carbocycles. The first-order valence-corrected chi connectivity index (χ1v) is 10.5. The van der Waals surface area contributed by atoms with Crippen LogP contribution in [0.15, 0.2) is 47.6 Å². The van der Waals surface area contributed by atoms with E-state index in [2.05, 4.69) is 27.1 Å². The third-order valence-corrected chi connectivity index (χ3v) is 5.00. The van der Waals surface area contributed by atoms with Crippen molar-refractivity contribution in [2.24, 2.45) is 10.9 Å². The summed E-state index contributed by atoms with van der Waals surface area (Å²) >= 11 is 0. The van der Waals surface area contributed by atoms with Gasteiger partial charge >= 0.3 is 0 Å². The Balaban J connectivity index is 1.66. The molecule has 0 spiro atoms. The van der Waals surface area contributed by atoms with Crippen molar-refractivity contribution in [3.63, 3.8) is 0 Å². The average Bonchev–Trinajstić information content (AvgIpc) is 3.23. The molecule has 162 valence electrons. The van der Waals surface area contributed by atoms with Gasteiger partial charge in [-0.1, -0.05) is 25.1 Å². The third kappa shape index (κ3) is 5.86. The zero-order chi connectivity index (χ0) is 21.2. The minimum absolute atomic E-state index is 0.547. The lowest BCUT2D eigenvalue weighted by atomic mass is 10.1. The first-order chi connectivity index (χ1) is 14.7. The smallest absolute Gasteiger partial charge is 0.224 e. The number of benzene rings is 1. The standard InChI is InChI=1S/C23H32N4O3/c1-4-14-29-20-9-5-6-10-21(20)30-22-19(8-7-12-25-22)15-26-23(24-2)27-13-11-18(16-27)17-28-3/h5-10,12,18H,4,11,13-17H2,1-3H3,(H,24,26). The maximum atomic E-state index is 6.13. The number of guanidine groups is 1. The van der Waals surface area contributed by atoms with Crippen molar-refractivity contribution < 1.29 is 14.2 Å². The van der Waals surface area contributed by atoms with Crippen LogP contribution in [0.4, 0.5) is 0 Å². The van der Waals surface area contributed by atoms with Crippen LogP contribution in [0.5, 0.6) is 17.4 Å². The second-order valence-corrected chi connectivity index (χ2v) is 7.32. The topological polar surface area (TPSA) is 68.2 Å². The molecule has 0 radical (unpaired) electrons. The Morgan fingerprint density at radius 2 is 2.07 bits per heavy atom. The van der Waals surface area contributed by atoms with Crippen molar-refractivity contribution in [1.82, 2.24) is 15.2 Å². The summed E-state index contributed by atoms with van der Waals surface area (Å²) < 4.78 is 17.2. The van der Waals surface area contributed by atoms with E-state index in [1.54, 1.807) is 13.3 Å². The van der Waals surface area contributed by atoms with E-state index in [1.807, 2.05) is 43.4 Å². The van der Waals surface area contributed by atoms with Gasteiger partial charge in [0.1, 0.15) is 0 Å². The lowest BCUT2D eigenvalue weighted by molar-refractivity contribution is 0.157. The molecule has 7 heteroatoms. The van der Waals surface area contributed by atoms with E-state index in [-0.39, 0.29) is 0 Å². The van der Waals surface area contributed by atoms with Crippen LogP contribution in [0.25, 0.3) is 0 Å². The number of hydrogen-bond acceptors (Lipinski definition) is 5. The summed E-state index contributed by atoms with van der Waals surface area (Å²) in [6.45, 7) is 6.01. The summed E-state index contributed by atoms with van der Waals surface area (Å²) in [4.78, 5) is 11.2. The van der Waals surface area contributed by atoms with Gasteiger partial charge in [0.15, 0.2) is 17.5 Å². The number of pyridine rings is 1. The Morgan fingerprint density at radius 3 is 2.83 bits per heavy atom. The van der Waals surface area contributed by atoms with Crippen LogP contribution in [0, 0.1) is 5.92 Å². The Morgan fingerprint density at radius 1 is 1.23 bits per heavy atom. The van der Waals surface area contributed by atoms with Gasteiger partial charge in [0.2, 0.25) is 5.88 Å². The molecule has 0 saturated carbocycles. The largest absolute Gasteiger partial charge is 0.490 e. The fourth-order valence-electron chi connectivity index (χ4n) is 3.52. The number of methoxy groups -OCH3 is 1. The molecular formula is C23H32N4O3. The van der Waals surface area contributed by atoms with Crippen LogP contribution < -0.4 is 14.8 Å². The van der Waals surface area contributed by atoms with Crippen LogP contribution in [0.3, 0.4) is 0 Å². The molecule has 0 bridgehead atoms. The Labute approximate surface area is 179 Å². The van der Waals surface area contributed by atoms with Gasteiger partial charge < -0.3 is 24.4 Å². The summed E-state index contributed by atoms with van der Waals surface area (Å²) in [6.07, 6.45) is 3.79. The van der Waals surface area contributed by atoms with Gasteiger partial charge in [-0.25, -0.2) is 4.98 Å². The number of hydrogen-bond donors (Lipinski definition) is 1. The Bertz CT molecular complexity index is 828. The summed E-state index contributed by atoms with van der Waals surface area (Å²) in [6, 6.07) is 11.6. The highest BCUT2D eigenvalue weighted by atomic mass is 16.5. The van der Waals surface area contributed by atoms with Crippen molar-refractivity contribution in [1.29, 1.82) is 0 Å². The zero-order valence-electron chi connectivity index (χ0n) is 18.1.